The van der Waals surface area contributed by atoms with Gasteiger partial charge in [0.1, 0.15) is 11.9 Å². The number of rotatable bonds is 4. The van der Waals surface area contributed by atoms with Gasteiger partial charge in [-0.2, -0.15) is 0 Å². The number of nitrogens with zero attached hydrogens (tertiary/aromatic N) is 3. The number of halogens is 1. The van der Waals surface area contributed by atoms with E-state index in [1.54, 1.807) is 6.20 Å². The average Bonchev–Trinajstić information content (AvgIpc) is 3.45. The Hall–Kier alpha value is -1.97. The van der Waals surface area contributed by atoms with Crippen molar-refractivity contribution in [1.29, 1.82) is 0 Å². The third-order valence-corrected chi connectivity index (χ3v) is 7.29. The number of piperazine rings is 1. The summed E-state index contributed by atoms with van der Waals surface area (Å²) in [7, 11) is 0. The van der Waals surface area contributed by atoms with Crippen molar-refractivity contribution in [3.63, 3.8) is 0 Å². The molecule has 3 fully saturated rings. The maximum atomic E-state index is 12.4. The Bertz CT molecular complexity index is 1010. The molecule has 1 amide bonds. The zero-order chi connectivity index (χ0) is 22.3. The molecule has 2 N–H and O–H groups in total. The summed E-state index contributed by atoms with van der Waals surface area (Å²) in [5.41, 5.74) is 0.635. The second-order valence-electron chi connectivity index (χ2n) is 9.07. The van der Waals surface area contributed by atoms with E-state index in [9.17, 15) is 9.90 Å². The van der Waals surface area contributed by atoms with Crippen LogP contribution in [-0.4, -0.2) is 84.6 Å². The molecule has 3 atom stereocenters. The van der Waals surface area contributed by atoms with E-state index >= 15 is 0 Å². The fraction of sp³-hybridized carbons (Fsp3) is 0.565. The largest absolute Gasteiger partial charge is 0.389 e. The first-order chi connectivity index (χ1) is 15.4. The number of pyridine rings is 1. The smallest absolute Gasteiger partial charge is 0.254 e. The first-order valence-electron chi connectivity index (χ1n) is 11.2. The van der Waals surface area contributed by atoms with E-state index in [1.807, 2.05) is 12.1 Å². The van der Waals surface area contributed by atoms with Crippen LogP contribution in [0.5, 0.6) is 0 Å². The summed E-state index contributed by atoms with van der Waals surface area (Å²) >= 11 is 6.63. The van der Waals surface area contributed by atoms with Crippen molar-refractivity contribution >= 4 is 39.8 Å². The Balaban J connectivity index is 1.31. The fourth-order valence-electron chi connectivity index (χ4n) is 4.87. The molecule has 3 aliphatic rings. The molecule has 0 bridgehead atoms. The lowest BCUT2D eigenvalue weighted by Crippen LogP contribution is -2.60. The highest BCUT2D eigenvalue weighted by Gasteiger charge is 2.44. The first-order valence-corrected chi connectivity index (χ1v) is 11.6. The van der Waals surface area contributed by atoms with Gasteiger partial charge in [0.05, 0.1) is 35.6 Å². The molecule has 0 saturated carbocycles. The predicted molar refractivity (Wildman–Crippen MR) is 123 cm³/mol. The molecule has 172 valence electrons. The second kappa shape index (κ2) is 8.76. The van der Waals surface area contributed by atoms with E-state index in [1.165, 1.54) is 0 Å². The van der Waals surface area contributed by atoms with E-state index in [-0.39, 0.29) is 11.4 Å². The van der Waals surface area contributed by atoms with Crippen molar-refractivity contribution in [2.45, 2.75) is 37.5 Å². The van der Waals surface area contributed by atoms with E-state index in [2.05, 4.69) is 33.1 Å². The van der Waals surface area contributed by atoms with Gasteiger partial charge in [-0.25, -0.2) is 4.98 Å². The lowest BCUT2D eigenvalue weighted by molar-refractivity contribution is -0.124. The van der Waals surface area contributed by atoms with Gasteiger partial charge < -0.3 is 24.8 Å². The molecule has 3 saturated heterocycles. The monoisotopic (exact) mass is 460 g/mol. The van der Waals surface area contributed by atoms with Gasteiger partial charge in [0.25, 0.3) is 5.91 Å². The number of anilines is 2. The molecule has 2 unspecified atom stereocenters. The maximum absolute atomic E-state index is 12.4. The van der Waals surface area contributed by atoms with Crippen LogP contribution in [0.15, 0.2) is 24.4 Å². The van der Waals surface area contributed by atoms with Crippen molar-refractivity contribution in [2.24, 2.45) is 0 Å². The molecule has 0 spiro atoms. The molecule has 5 rings (SSSR count). The summed E-state index contributed by atoms with van der Waals surface area (Å²) in [6.07, 6.45) is 2.53. The molecule has 4 heterocycles. The maximum Gasteiger partial charge on any atom is 0.254 e. The zero-order valence-electron chi connectivity index (χ0n) is 18.2. The Morgan fingerprint density at radius 1 is 1.25 bits per heavy atom. The normalized spacial score (nSPS) is 29.0. The number of benzene rings is 1. The van der Waals surface area contributed by atoms with E-state index < -0.39 is 12.2 Å². The number of nitrogens with one attached hydrogen (secondary N) is 1. The van der Waals surface area contributed by atoms with E-state index in [0.29, 0.717) is 30.7 Å². The number of carbonyl (C=O) groups excluding carboxylic acids is 1. The van der Waals surface area contributed by atoms with Crippen LogP contribution in [0.1, 0.15) is 19.8 Å². The molecule has 32 heavy (non-hydrogen) atoms. The third-order valence-electron chi connectivity index (χ3n) is 6.99. The number of hydrogen-bond donors (Lipinski definition) is 2. The lowest BCUT2D eigenvalue weighted by atomic mass is 9.95. The minimum absolute atomic E-state index is 0.147. The number of ether oxygens (including phenoxy) is 2. The highest BCUT2D eigenvalue weighted by Crippen LogP contribution is 2.34. The van der Waals surface area contributed by atoms with Crippen LogP contribution in [0.2, 0.25) is 5.02 Å². The Kier molecular flexibility index (Phi) is 5.98. The number of fused-ring (bicyclic) bond motifs is 1. The van der Waals surface area contributed by atoms with Crippen molar-refractivity contribution in [1.82, 2.24) is 9.88 Å². The Morgan fingerprint density at radius 2 is 2.06 bits per heavy atom. The van der Waals surface area contributed by atoms with E-state index in [0.717, 1.165) is 55.5 Å². The topological polar surface area (TPSA) is 87.2 Å². The van der Waals surface area contributed by atoms with Crippen LogP contribution in [0.25, 0.3) is 10.8 Å². The van der Waals surface area contributed by atoms with Crippen LogP contribution in [0, 0.1) is 0 Å². The summed E-state index contributed by atoms with van der Waals surface area (Å²) in [6, 6.07) is 5.87. The standard InChI is InChI=1S/C23H29ClN4O4/c1-23(14-31-13-20(23)29)28-6-4-27(5-7-28)18-10-15-11-21(25-12-16(15)9-17(18)24)26-22(30)19-3-2-8-32-19/h9-12,19-20,29H,2-8,13-14H2,1H3,(H,25,26,30)/t19-,20?,23?/m0/s1. The van der Waals surface area contributed by atoms with Gasteiger partial charge in [-0.1, -0.05) is 11.6 Å². The van der Waals surface area contributed by atoms with Gasteiger partial charge in [0.15, 0.2) is 0 Å². The number of hydrogen-bond acceptors (Lipinski definition) is 7. The summed E-state index contributed by atoms with van der Waals surface area (Å²) in [4.78, 5) is 21.3. The van der Waals surface area contributed by atoms with Crippen LogP contribution in [-0.2, 0) is 14.3 Å². The number of amides is 1. The number of carbonyl (C=O) groups is 1. The quantitative estimate of drug-likeness (QED) is 0.723. The predicted octanol–water partition coefficient (Wildman–Crippen LogP) is 2.28. The van der Waals surface area contributed by atoms with Crippen molar-refractivity contribution < 1.29 is 19.4 Å². The molecular weight excluding hydrogens is 432 g/mol. The summed E-state index contributed by atoms with van der Waals surface area (Å²) < 4.78 is 11.0. The van der Waals surface area contributed by atoms with Crippen LogP contribution >= 0.6 is 11.6 Å². The molecule has 0 aliphatic carbocycles. The summed E-state index contributed by atoms with van der Waals surface area (Å²) in [5, 5.41) is 15.8. The first kappa shape index (κ1) is 21.9. The van der Waals surface area contributed by atoms with Gasteiger partial charge in [-0.05, 0) is 43.4 Å². The van der Waals surface area contributed by atoms with Crippen molar-refractivity contribution in [3.8, 4) is 0 Å². The van der Waals surface area contributed by atoms with Crippen molar-refractivity contribution in [2.75, 3.05) is 56.2 Å². The molecule has 8 nitrogen and oxygen atoms in total. The molecule has 1 aromatic carbocycles. The SMILES string of the molecule is CC1(N2CCN(c3cc4cc(NC(=O)[C@@H]5CCCO5)ncc4cc3Cl)CC2)COCC1O. The van der Waals surface area contributed by atoms with Crippen molar-refractivity contribution in [3.05, 3.63) is 29.4 Å². The number of aliphatic hydroxyl groups excluding tert-OH is 1. The molecule has 3 aliphatic heterocycles. The van der Waals surface area contributed by atoms with Crippen LogP contribution in [0.3, 0.4) is 0 Å². The van der Waals surface area contributed by atoms with Gasteiger partial charge in [-0.3, -0.25) is 9.69 Å². The molecule has 9 heteroatoms. The van der Waals surface area contributed by atoms with Gasteiger partial charge in [-0.15, -0.1) is 0 Å². The summed E-state index contributed by atoms with van der Waals surface area (Å²) in [5.74, 6) is 0.366. The highest BCUT2D eigenvalue weighted by molar-refractivity contribution is 6.34. The fourth-order valence-corrected chi connectivity index (χ4v) is 5.16. The van der Waals surface area contributed by atoms with Gasteiger partial charge in [0.2, 0.25) is 0 Å². The lowest BCUT2D eigenvalue weighted by Gasteiger charge is -2.45. The molecule has 1 aromatic heterocycles. The zero-order valence-corrected chi connectivity index (χ0v) is 19.0. The van der Waals surface area contributed by atoms with Gasteiger partial charge >= 0.3 is 0 Å². The Morgan fingerprint density at radius 3 is 2.75 bits per heavy atom. The minimum atomic E-state index is -0.464. The second-order valence-corrected chi connectivity index (χ2v) is 9.48. The van der Waals surface area contributed by atoms with Crippen LogP contribution < -0.4 is 10.2 Å². The van der Waals surface area contributed by atoms with Crippen LogP contribution in [0.4, 0.5) is 11.5 Å². The van der Waals surface area contributed by atoms with Gasteiger partial charge in [0, 0.05) is 44.4 Å². The highest BCUT2D eigenvalue weighted by atomic mass is 35.5. The molecular formula is C23H29ClN4O4. The molecule has 0 radical (unpaired) electrons. The third kappa shape index (κ3) is 4.06. The van der Waals surface area contributed by atoms with E-state index in [4.69, 9.17) is 21.1 Å². The number of aliphatic hydroxyl groups is 1. The minimum Gasteiger partial charge on any atom is -0.389 e. The summed E-state index contributed by atoms with van der Waals surface area (Å²) in [6.45, 7) is 6.91. The molecule has 2 aromatic rings. The number of aromatic nitrogens is 1. The average molecular weight is 461 g/mol. The Labute approximate surface area is 192 Å².